The van der Waals surface area contributed by atoms with Crippen LogP contribution in [0.4, 0.5) is 23.5 Å². The number of nitrogens with two attached hydrogens (primary N) is 1. The van der Waals surface area contributed by atoms with Gasteiger partial charge in [0.15, 0.2) is 5.82 Å². The van der Waals surface area contributed by atoms with Crippen LogP contribution in [0.2, 0.25) is 0 Å². The van der Waals surface area contributed by atoms with E-state index in [1.54, 1.807) is 24.3 Å². The van der Waals surface area contributed by atoms with Gasteiger partial charge in [0.2, 0.25) is 5.95 Å². The highest BCUT2D eigenvalue weighted by Gasteiger charge is 2.63. The van der Waals surface area contributed by atoms with Gasteiger partial charge in [-0.2, -0.15) is 0 Å². The zero-order valence-electron chi connectivity index (χ0n) is 16.0. The van der Waals surface area contributed by atoms with Crippen molar-refractivity contribution >= 4 is 27.8 Å². The van der Waals surface area contributed by atoms with Crippen molar-refractivity contribution in [1.29, 1.82) is 0 Å². The van der Waals surface area contributed by atoms with Gasteiger partial charge in [-0.25, -0.2) is 14.4 Å². The Bertz CT molecular complexity index is 1280. The van der Waals surface area contributed by atoms with Crippen molar-refractivity contribution < 1.29 is 27.1 Å². The van der Waals surface area contributed by atoms with E-state index in [0.717, 1.165) is 11.6 Å². The molecule has 32 heavy (non-hydrogen) atoms. The fraction of sp³-hybridized carbons (Fsp3) is 0.190. The van der Waals surface area contributed by atoms with Gasteiger partial charge in [-0.15, -0.1) is 13.2 Å². The fourth-order valence-electron chi connectivity index (χ4n) is 4.23. The lowest BCUT2D eigenvalue weighted by molar-refractivity contribution is -0.274. The molecule has 3 aromatic rings. The summed E-state index contributed by atoms with van der Waals surface area (Å²) in [6.45, 7) is 0. The van der Waals surface area contributed by atoms with Crippen LogP contribution in [0.5, 0.6) is 5.75 Å². The molecule has 2 aliphatic rings. The number of alkyl halides is 3. The third kappa shape index (κ3) is 3.27. The Labute approximate surface area is 186 Å². The smallest absolute Gasteiger partial charge is 0.405 e. The molecule has 3 N–H and O–H groups in total. The highest BCUT2D eigenvalue weighted by atomic mass is 79.9. The van der Waals surface area contributed by atoms with Crippen LogP contribution in [0.25, 0.3) is 11.3 Å². The first kappa shape index (κ1) is 20.7. The van der Waals surface area contributed by atoms with Gasteiger partial charge in [0, 0.05) is 21.5 Å². The Morgan fingerprint density at radius 3 is 2.66 bits per heavy atom. The Morgan fingerprint density at radius 2 is 1.91 bits per heavy atom. The first-order chi connectivity index (χ1) is 15.1. The molecule has 0 saturated heterocycles. The summed E-state index contributed by atoms with van der Waals surface area (Å²) < 4.78 is 58.7. The van der Waals surface area contributed by atoms with Gasteiger partial charge in [0.25, 0.3) is 5.91 Å². The summed E-state index contributed by atoms with van der Waals surface area (Å²) in [5, 5.41) is 2.89. The number of ether oxygens (including phenoxy) is 1. The maximum atomic E-state index is 15.6. The lowest BCUT2D eigenvalue weighted by Crippen LogP contribution is -2.27. The Balaban J connectivity index is 1.61. The van der Waals surface area contributed by atoms with Gasteiger partial charge in [-0.3, -0.25) is 4.79 Å². The molecule has 11 heteroatoms. The molecule has 6 nitrogen and oxygen atoms in total. The van der Waals surface area contributed by atoms with Crippen LogP contribution < -0.4 is 15.8 Å². The van der Waals surface area contributed by atoms with Crippen molar-refractivity contribution in [3.63, 3.8) is 0 Å². The number of carbonyl (C=O) groups excluding carboxylic acids is 1. The van der Waals surface area contributed by atoms with Crippen molar-refractivity contribution in [2.45, 2.75) is 24.2 Å². The van der Waals surface area contributed by atoms with E-state index in [-0.39, 0.29) is 23.1 Å². The molecule has 1 amide bonds. The third-order valence-electron chi connectivity index (χ3n) is 5.60. The van der Waals surface area contributed by atoms with Gasteiger partial charge in [0.1, 0.15) is 11.4 Å². The minimum atomic E-state index is -4.99. The number of carbonyl (C=O) groups is 1. The van der Waals surface area contributed by atoms with Crippen molar-refractivity contribution in [2.24, 2.45) is 0 Å². The molecule has 0 radical (unpaired) electrons. The maximum Gasteiger partial charge on any atom is 0.573 e. The number of aromatic nitrogens is 2. The van der Waals surface area contributed by atoms with E-state index < -0.39 is 35.1 Å². The third-order valence-corrected chi connectivity index (χ3v) is 6.09. The van der Waals surface area contributed by atoms with E-state index in [1.165, 1.54) is 12.1 Å². The van der Waals surface area contributed by atoms with E-state index in [4.69, 9.17) is 5.73 Å². The van der Waals surface area contributed by atoms with Crippen LogP contribution in [0.15, 0.2) is 46.9 Å². The van der Waals surface area contributed by atoms with Crippen LogP contribution in [0, 0.1) is 5.82 Å². The number of nitrogens with one attached hydrogen (secondary N) is 1. The van der Waals surface area contributed by atoms with Crippen LogP contribution in [0.3, 0.4) is 0 Å². The predicted molar refractivity (Wildman–Crippen MR) is 109 cm³/mol. The molecule has 2 unspecified atom stereocenters. The van der Waals surface area contributed by atoms with Crippen molar-refractivity contribution in [3.8, 4) is 17.0 Å². The molecular formula is C21H13BrF4N4O2. The second-order valence-electron chi connectivity index (χ2n) is 7.55. The summed E-state index contributed by atoms with van der Waals surface area (Å²) >= 11 is 3.17. The van der Waals surface area contributed by atoms with E-state index >= 15 is 4.39 Å². The lowest BCUT2D eigenvalue weighted by Gasteiger charge is -2.16. The second-order valence-corrected chi connectivity index (χ2v) is 8.46. The van der Waals surface area contributed by atoms with E-state index in [9.17, 15) is 18.0 Å². The minimum absolute atomic E-state index is 0.0811. The quantitative estimate of drug-likeness (QED) is 0.502. The molecular weight excluding hydrogens is 496 g/mol. The van der Waals surface area contributed by atoms with Crippen molar-refractivity contribution in [3.05, 3.63) is 69.6 Å². The zero-order chi connectivity index (χ0) is 22.8. The van der Waals surface area contributed by atoms with Crippen LogP contribution in [-0.4, -0.2) is 22.2 Å². The molecule has 2 aromatic carbocycles. The Morgan fingerprint density at radius 1 is 1.16 bits per heavy atom. The van der Waals surface area contributed by atoms with Gasteiger partial charge in [0.05, 0.1) is 11.2 Å². The predicted octanol–water partition coefficient (Wildman–Crippen LogP) is 4.65. The number of hydrogen-bond donors (Lipinski definition) is 2. The normalized spacial score (nSPS) is 21.4. The van der Waals surface area contributed by atoms with Crippen molar-refractivity contribution in [2.75, 3.05) is 5.73 Å². The minimum Gasteiger partial charge on any atom is -0.405 e. The topological polar surface area (TPSA) is 90.1 Å². The number of rotatable bonds is 3. The Hall–Kier alpha value is -3.21. The van der Waals surface area contributed by atoms with Gasteiger partial charge in [-0.05, 0) is 36.2 Å². The highest BCUT2D eigenvalue weighted by Crippen LogP contribution is 2.61. The van der Waals surface area contributed by atoms with E-state index in [2.05, 4.69) is 36.0 Å². The number of nitrogens with zero attached hydrogens (tertiary/aromatic N) is 2. The maximum absolute atomic E-state index is 15.6. The zero-order valence-corrected chi connectivity index (χ0v) is 17.6. The molecule has 2 heterocycles. The molecule has 2 atom stereocenters. The largest absolute Gasteiger partial charge is 0.573 e. The summed E-state index contributed by atoms with van der Waals surface area (Å²) in [5.74, 6) is -2.70. The summed E-state index contributed by atoms with van der Waals surface area (Å²) in [6.07, 6.45) is -4.62. The van der Waals surface area contributed by atoms with E-state index in [0.29, 0.717) is 16.5 Å². The fourth-order valence-corrected chi connectivity index (χ4v) is 4.59. The SMILES string of the molecule is Nc1nc(-c2cc(Br)ccc2OC(F)(F)F)c(F)c(C2CC23NC(=O)c2ccccc23)n1. The number of benzene rings is 2. The molecule has 1 aromatic heterocycles. The number of nitrogen functional groups attached to an aromatic ring is 1. The molecule has 1 fully saturated rings. The summed E-state index contributed by atoms with van der Waals surface area (Å²) in [6, 6.07) is 10.6. The number of anilines is 1. The van der Waals surface area contributed by atoms with Gasteiger partial charge >= 0.3 is 6.36 Å². The summed E-state index contributed by atoms with van der Waals surface area (Å²) in [4.78, 5) is 20.2. The average Bonchev–Trinajstić information content (AvgIpc) is 3.36. The molecule has 1 spiro atoms. The van der Waals surface area contributed by atoms with Crippen LogP contribution in [-0.2, 0) is 5.54 Å². The number of fused-ring (bicyclic) bond motifs is 2. The van der Waals surface area contributed by atoms with Gasteiger partial charge < -0.3 is 15.8 Å². The first-order valence-corrected chi connectivity index (χ1v) is 10.2. The highest BCUT2D eigenvalue weighted by molar-refractivity contribution is 9.10. The summed E-state index contributed by atoms with van der Waals surface area (Å²) in [5.41, 5.74) is 5.43. The summed E-state index contributed by atoms with van der Waals surface area (Å²) in [7, 11) is 0. The first-order valence-electron chi connectivity index (χ1n) is 9.39. The Kier molecular flexibility index (Phi) is 4.45. The van der Waals surface area contributed by atoms with E-state index in [1.807, 2.05) is 0 Å². The van der Waals surface area contributed by atoms with Crippen LogP contribution in [0.1, 0.15) is 34.0 Å². The molecule has 1 saturated carbocycles. The number of halogens is 5. The average molecular weight is 509 g/mol. The number of amides is 1. The molecule has 1 aliphatic heterocycles. The second kappa shape index (κ2) is 6.89. The van der Waals surface area contributed by atoms with Gasteiger partial charge in [-0.1, -0.05) is 34.1 Å². The molecule has 5 rings (SSSR count). The molecule has 164 valence electrons. The monoisotopic (exact) mass is 508 g/mol. The standard InChI is InChI=1S/C21H13BrF4N4O2/c22-9-5-6-14(32-21(24,25)26)11(7-9)16-15(23)17(29-19(27)28-16)13-8-20(13)12-4-2-1-3-10(12)18(31)30-20/h1-7,13H,8H2,(H,30,31)(H2,27,28,29). The molecule has 1 aliphatic carbocycles. The van der Waals surface area contributed by atoms with Crippen LogP contribution >= 0.6 is 15.9 Å². The molecule has 0 bridgehead atoms. The van der Waals surface area contributed by atoms with Crippen molar-refractivity contribution in [1.82, 2.24) is 15.3 Å². The number of hydrogen-bond acceptors (Lipinski definition) is 5. The lowest BCUT2D eigenvalue weighted by atomic mass is 9.99.